The maximum absolute atomic E-state index is 14.2. The summed E-state index contributed by atoms with van der Waals surface area (Å²) in [5, 5.41) is 0. The van der Waals surface area contributed by atoms with Crippen LogP contribution in [-0.4, -0.2) is 72.1 Å². The first-order valence-electron chi connectivity index (χ1n) is 10.1. The van der Waals surface area contributed by atoms with Gasteiger partial charge in [0, 0.05) is 25.7 Å². The molecule has 0 aromatic heterocycles. The van der Waals surface area contributed by atoms with Crippen LogP contribution in [0.4, 0.5) is 14.9 Å². The normalized spacial score (nSPS) is 22.6. The van der Waals surface area contributed by atoms with Crippen LogP contribution in [0.25, 0.3) is 0 Å². The Labute approximate surface area is 179 Å². The first kappa shape index (κ1) is 19.3. The Kier molecular flexibility index (Phi) is 4.53. The van der Waals surface area contributed by atoms with Gasteiger partial charge < -0.3 is 19.4 Å². The van der Waals surface area contributed by atoms with Gasteiger partial charge in [0.05, 0.1) is 19.3 Å². The monoisotopic (exact) mass is 423 g/mol. The maximum atomic E-state index is 14.2. The molecule has 3 aliphatic heterocycles. The van der Waals surface area contributed by atoms with E-state index in [-0.39, 0.29) is 12.5 Å². The highest BCUT2D eigenvalue weighted by molar-refractivity contribution is 6.08. The van der Waals surface area contributed by atoms with Crippen LogP contribution in [0.15, 0.2) is 53.5 Å². The van der Waals surface area contributed by atoms with Gasteiger partial charge in [-0.05, 0) is 18.2 Å². The van der Waals surface area contributed by atoms with Gasteiger partial charge in [-0.15, -0.1) is 0 Å². The summed E-state index contributed by atoms with van der Waals surface area (Å²) in [6, 6.07) is 12.7. The van der Waals surface area contributed by atoms with Crippen LogP contribution in [0.5, 0.6) is 5.75 Å². The van der Waals surface area contributed by atoms with Crippen LogP contribution in [-0.2, 0) is 11.3 Å². The van der Waals surface area contributed by atoms with Gasteiger partial charge in [0.25, 0.3) is 5.91 Å². The number of likely N-dealkylation sites (N-methyl/N-ethyl adjacent to an activating group) is 1. The van der Waals surface area contributed by atoms with E-state index in [1.54, 1.807) is 32.4 Å². The topological polar surface area (TPSA) is 68.7 Å². The summed E-state index contributed by atoms with van der Waals surface area (Å²) >= 11 is 0. The molecule has 0 radical (unpaired) electrons. The summed E-state index contributed by atoms with van der Waals surface area (Å²) < 4.78 is 19.7. The fourth-order valence-corrected chi connectivity index (χ4v) is 4.46. The van der Waals surface area contributed by atoms with Crippen molar-refractivity contribution in [3.8, 4) is 5.75 Å². The molecule has 0 bridgehead atoms. The molecule has 9 heteroatoms. The Bertz CT molecular complexity index is 1090. The molecule has 0 spiro atoms. The predicted octanol–water partition coefficient (Wildman–Crippen LogP) is 2.11. The number of imide groups is 1. The Morgan fingerprint density at radius 3 is 2.61 bits per heavy atom. The average Bonchev–Trinajstić information content (AvgIpc) is 3.36. The third-order valence-corrected chi connectivity index (χ3v) is 6.04. The van der Waals surface area contributed by atoms with Crippen LogP contribution in [0.1, 0.15) is 5.56 Å². The lowest BCUT2D eigenvalue weighted by molar-refractivity contribution is -0.137. The van der Waals surface area contributed by atoms with Gasteiger partial charge in [-0.25, -0.2) is 14.2 Å². The molecule has 3 aliphatic rings. The lowest BCUT2D eigenvalue weighted by Gasteiger charge is -2.40. The third kappa shape index (κ3) is 2.91. The van der Waals surface area contributed by atoms with E-state index < -0.39 is 24.1 Å². The summed E-state index contributed by atoms with van der Waals surface area (Å²) in [6.07, 6.45) is -0.621. The molecule has 3 amide bonds. The van der Waals surface area contributed by atoms with Crippen molar-refractivity contribution in [1.29, 1.82) is 0 Å². The molecule has 0 N–H and O–H groups in total. The molecule has 0 saturated carbocycles. The SMILES string of the molecule is COc1ccccc1N1CCN2C1=NC1C2C(=O)N(Cc2ccccc2F)C(=O)N1C. The zero-order chi connectivity index (χ0) is 21.7. The minimum absolute atomic E-state index is 0.114. The molecule has 0 aliphatic carbocycles. The van der Waals surface area contributed by atoms with Crippen molar-refractivity contribution < 1.29 is 18.7 Å². The van der Waals surface area contributed by atoms with Crippen LogP contribution < -0.4 is 9.64 Å². The number of anilines is 1. The molecule has 2 aromatic carbocycles. The van der Waals surface area contributed by atoms with Gasteiger partial charge in [0.1, 0.15) is 11.6 Å². The number of hydrogen-bond donors (Lipinski definition) is 0. The number of fused-ring (bicyclic) bond motifs is 3. The number of hydrogen-bond acceptors (Lipinski definition) is 6. The number of amides is 3. The molecular weight excluding hydrogens is 401 g/mol. The molecule has 2 unspecified atom stereocenters. The average molecular weight is 423 g/mol. The summed E-state index contributed by atoms with van der Waals surface area (Å²) in [4.78, 5) is 37.6. The summed E-state index contributed by atoms with van der Waals surface area (Å²) in [5.74, 6) is 0.538. The zero-order valence-corrected chi connectivity index (χ0v) is 17.2. The number of guanidine groups is 1. The number of methoxy groups -OCH3 is 1. The number of ether oxygens (including phenoxy) is 1. The van der Waals surface area contributed by atoms with Crippen LogP contribution in [0, 0.1) is 5.82 Å². The van der Waals surface area contributed by atoms with Gasteiger partial charge in [-0.3, -0.25) is 9.69 Å². The first-order valence-corrected chi connectivity index (χ1v) is 10.1. The maximum Gasteiger partial charge on any atom is 0.328 e. The Morgan fingerprint density at radius 1 is 1.10 bits per heavy atom. The summed E-state index contributed by atoms with van der Waals surface area (Å²) in [6.45, 7) is 1.11. The predicted molar refractivity (Wildman–Crippen MR) is 112 cm³/mol. The van der Waals surface area contributed by atoms with E-state index in [0.29, 0.717) is 30.4 Å². The minimum atomic E-state index is -0.635. The number of para-hydroxylation sites is 2. The van der Waals surface area contributed by atoms with Gasteiger partial charge in [0.2, 0.25) is 5.96 Å². The van der Waals surface area contributed by atoms with Crippen LogP contribution >= 0.6 is 0 Å². The van der Waals surface area contributed by atoms with Gasteiger partial charge in [0.15, 0.2) is 12.2 Å². The number of benzene rings is 2. The van der Waals surface area contributed by atoms with Crippen molar-refractivity contribution in [2.45, 2.75) is 18.8 Å². The highest BCUT2D eigenvalue weighted by Crippen LogP contribution is 2.36. The van der Waals surface area contributed by atoms with Crippen LogP contribution in [0.3, 0.4) is 0 Å². The molecule has 2 aromatic rings. The second kappa shape index (κ2) is 7.26. The molecule has 2 fully saturated rings. The molecule has 31 heavy (non-hydrogen) atoms. The van der Waals surface area contributed by atoms with Gasteiger partial charge in [-0.2, -0.15) is 0 Å². The van der Waals surface area contributed by atoms with E-state index in [1.807, 2.05) is 34.1 Å². The minimum Gasteiger partial charge on any atom is -0.495 e. The Hall–Kier alpha value is -3.62. The van der Waals surface area contributed by atoms with E-state index in [1.165, 1.54) is 11.0 Å². The number of halogens is 1. The molecule has 2 saturated heterocycles. The largest absolute Gasteiger partial charge is 0.495 e. The van der Waals surface area contributed by atoms with Crippen molar-refractivity contribution >= 4 is 23.6 Å². The van der Waals surface area contributed by atoms with E-state index in [2.05, 4.69) is 0 Å². The van der Waals surface area contributed by atoms with Gasteiger partial charge >= 0.3 is 6.03 Å². The van der Waals surface area contributed by atoms with E-state index in [0.717, 1.165) is 10.6 Å². The van der Waals surface area contributed by atoms with E-state index in [4.69, 9.17) is 9.73 Å². The van der Waals surface area contributed by atoms with E-state index in [9.17, 15) is 14.0 Å². The molecule has 160 valence electrons. The van der Waals surface area contributed by atoms with E-state index >= 15 is 0 Å². The fraction of sp³-hybridized carbons (Fsp3) is 0.318. The van der Waals surface area contributed by atoms with Crippen molar-refractivity contribution in [1.82, 2.24) is 14.7 Å². The number of carbonyl (C=O) groups is 2. The zero-order valence-electron chi connectivity index (χ0n) is 17.2. The van der Waals surface area contributed by atoms with Gasteiger partial charge in [-0.1, -0.05) is 30.3 Å². The van der Waals surface area contributed by atoms with Crippen molar-refractivity contribution in [3.63, 3.8) is 0 Å². The molecular formula is C22H22FN5O3. The Balaban J connectivity index is 1.46. The number of rotatable bonds is 4. The standard InChI is InChI=1S/C22H22FN5O3/c1-25-19-18(20(29)28(22(25)30)13-14-7-3-4-8-15(14)23)27-12-11-26(21(27)24-19)16-9-5-6-10-17(16)31-2/h3-10,18-19H,11-13H2,1-2H3. The number of aliphatic imine (C=N–C) groups is 1. The van der Waals surface area contributed by atoms with Crippen molar-refractivity contribution in [2.75, 3.05) is 32.1 Å². The highest BCUT2D eigenvalue weighted by Gasteiger charge is 2.54. The lowest BCUT2D eigenvalue weighted by Crippen LogP contribution is -2.64. The second-order valence-electron chi connectivity index (χ2n) is 7.71. The second-order valence-corrected chi connectivity index (χ2v) is 7.71. The highest BCUT2D eigenvalue weighted by atomic mass is 19.1. The lowest BCUT2D eigenvalue weighted by atomic mass is 10.1. The first-order chi connectivity index (χ1) is 15.0. The van der Waals surface area contributed by atoms with Crippen molar-refractivity contribution in [3.05, 3.63) is 59.9 Å². The quantitative estimate of drug-likeness (QED) is 0.754. The Morgan fingerprint density at radius 2 is 1.84 bits per heavy atom. The fourth-order valence-electron chi connectivity index (χ4n) is 4.46. The van der Waals surface area contributed by atoms with Crippen LogP contribution in [0.2, 0.25) is 0 Å². The number of nitrogens with zero attached hydrogens (tertiary/aromatic N) is 5. The molecule has 3 heterocycles. The van der Waals surface area contributed by atoms with Crippen molar-refractivity contribution in [2.24, 2.45) is 4.99 Å². The number of urea groups is 1. The molecule has 8 nitrogen and oxygen atoms in total. The molecule has 2 atom stereocenters. The summed E-state index contributed by atoms with van der Waals surface area (Å²) in [5.41, 5.74) is 1.15. The molecule has 5 rings (SSSR count). The third-order valence-electron chi connectivity index (χ3n) is 6.04. The number of carbonyl (C=O) groups excluding carboxylic acids is 2. The smallest absolute Gasteiger partial charge is 0.328 e. The summed E-state index contributed by atoms with van der Waals surface area (Å²) in [7, 11) is 3.24.